The number of ether oxygens (including phenoxy) is 1. The number of carbonyl (C=O) groups excluding carboxylic acids is 1. The topological polar surface area (TPSA) is 26.3 Å². The summed E-state index contributed by atoms with van der Waals surface area (Å²) in [5.41, 5.74) is 3.32. The first-order chi connectivity index (χ1) is 8.74. The van der Waals surface area contributed by atoms with Crippen molar-refractivity contribution in [1.82, 2.24) is 0 Å². The van der Waals surface area contributed by atoms with Crippen molar-refractivity contribution in [3.63, 3.8) is 0 Å². The number of ketones is 1. The lowest BCUT2D eigenvalue weighted by molar-refractivity contribution is -0.136. The molecule has 2 heteroatoms. The maximum Gasteiger partial charge on any atom is 0.166 e. The van der Waals surface area contributed by atoms with Crippen molar-refractivity contribution >= 4 is 5.78 Å². The molecule has 1 aromatic carbocycles. The van der Waals surface area contributed by atoms with Crippen LogP contribution in [0.5, 0.6) is 0 Å². The van der Waals surface area contributed by atoms with Gasteiger partial charge in [0, 0.05) is 13.0 Å². The van der Waals surface area contributed by atoms with Crippen molar-refractivity contribution in [3.05, 3.63) is 34.9 Å². The summed E-state index contributed by atoms with van der Waals surface area (Å²) < 4.78 is 5.65. The Kier molecular flexibility index (Phi) is 5.30. The first kappa shape index (κ1) is 15.9. The number of aryl methyl sites for hydroxylation is 2. The van der Waals surface area contributed by atoms with Gasteiger partial charge < -0.3 is 4.74 Å². The Labute approximate surface area is 117 Å². The Balaban J connectivity index is 2.87. The third-order valence-electron chi connectivity index (χ3n) is 3.07. The van der Waals surface area contributed by atoms with E-state index in [2.05, 4.69) is 32.0 Å². The highest BCUT2D eigenvalue weighted by Gasteiger charge is 2.31. The number of carbonyl (C=O) groups is 1. The molecule has 0 radical (unpaired) electrons. The minimum atomic E-state index is -0.335. The lowest BCUT2D eigenvalue weighted by Gasteiger charge is -2.29. The SMILES string of the molecule is CCOC(C(=O)Cc1cc(C)cc(C)c1)C(C)(C)C. The predicted molar refractivity (Wildman–Crippen MR) is 79.5 cm³/mol. The van der Waals surface area contributed by atoms with Crippen molar-refractivity contribution in [2.24, 2.45) is 5.41 Å². The highest BCUT2D eigenvalue weighted by Crippen LogP contribution is 2.24. The summed E-state index contributed by atoms with van der Waals surface area (Å²) in [6.07, 6.45) is 0.114. The molecule has 106 valence electrons. The maximum absolute atomic E-state index is 12.4. The zero-order valence-electron chi connectivity index (χ0n) is 13.0. The summed E-state index contributed by atoms with van der Waals surface area (Å²) in [5.74, 6) is 0.166. The molecular weight excluding hydrogens is 236 g/mol. The summed E-state index contributed by atoms with van der Waals surface area (Å²) >= 11 is 0. The third-order valence-corrected chi connectivity index (χ3v) is 3.07. The molecule has 1 aromatic rings. The van der Waals surface area contributed by atoms with E-state index in [4.69, 9.17) is 4.74 Å². The van der Waals surface area contributed by atoms with Crippen molar-refractivity contribution in [2.45, 2.75) is 54.1 Å². The molecule has 19 heavy (non-hydrogen) atoms. The molecule has 1 rings (SSSR count). The van der Waals surface area contributed by atoms with E-state index in [-0.39, 0.29) is 17.3 Å². The number of Topliss-reactive ketones (excluding diaryl/α,β-unsaturated/α-hetero) is 1. The summed E-state index contributed by atoms with van der Waals surface area (Å²) in [4.78, 5) is 12.4. The van der Waals surface area contributed by atoms with Gasteiger partial charge >= 0.3 is 0 Å². The molecule has 0 heterocycles. The lowest BCUT2D eigenvalue weighted by Crippen LogP contribution is -2.38. The van der Waals surface area contributed by atoms with E-state index >= 15 is 0 Å². The largest absolute Gasteiger partial charge is 0.370 e. The van der Waals surface area contributed by atoms with Gasteiger partial charge in [0.2, 0.25) is 0 Å². The maximum atomic E-state index is 12.4. The second-order valence-corrected chi connectivity index (χ2v) is 6.34. The molecule has 0 aliphatic heterocycles. The first-order valence-corrected chi connectivity index (χ1v) is 6.95. The molecule has 0 aliphatic rings. The predicted octanol–water partition coefficient (Wildman–Crippen LogP) is 3.87. The van der Waals surface area contributed by atoms with Crippen molar-refractivity contribution in [2.75, 3.05) is 6.61 Å². The van der Waals surface area contributed by atoms with Crippen LogP contribution in [-0.4, -0.2) is 18.5 Å². The van der Waals surface area contributed by atoms with Crippen LogP contribution >= 0.6 is 0 Å². The third kappa shape index (κ3) is 4.79. The quantitative estimate of drug-likeness (QED) is 0.805. The number of hydrogen-bond acceptors (Lipinski definition) is 2. The highest BCUT2D eigenvalue weighted by molar-refractivity contribution is 5.86. The van der Waals surface area contributed by atoms with Crippen LogP contribution in [0.2, 0.25) is 0 Å². The Morgan fingerprint density at radius 2 is 1.68 bits per heavy atom. The van der Waals surface area contributed by atoms with Crippen LogP contribution in [0.3, 0.4) is 0 Å². The Hall–Kier alpha value is -1.15. The Morgan fingerprint density at radius 1 is 1.16 bits per heavy atom. The summed E-state index contributed by atoms with van der Waals surface area (Å²) in [5, 5.41) is 0. The van der Waals surface area contributed by atoms with Crippen LogP contribution < -0.4 is 0 Å². The van der Waals surface area contributed by atoms with Gasteiger partial charge in [-0.05, 0) is 31.7 Å². The minimum Gasteiger partial charge on any atom is -0.370 e. The monoisotopic (exact) mass is 262 g/mol. The zero-order chi connectivity index (χ0) is 14.6. The first-order valence-electron chi connectivity index (χ1n) is 6.95. The van der Waals surface area contributed by atoms with E-state index in [0.717, 1.165) is 5.56 Å². The average Bonchev–Trinajstić information content (AvgIpc) is 2.22. The fourth-order valence-electron chi connectivity index (χ4n) is 2.46. The lowest BCUT2D eigenvalue weighted by atomic mass is 9.84. The molecule has 0 aliphatic carbocycles. The summed E-state index contributed by atoms with van der Waals surface area (Å²) in [6.45, 7) is 12.8. The van der Waals surface area contributed by atoms with E-state index in [1.54, 1.807) is 0 Å². The standard InChI is InChI=1S/C17H26O2/c1-7-19-16(17(4,5)6)15(18)11-14-9-12(2)8-13(3)10-14/h8-10,16H,7,11H2,1-6H3. The molecule has 0 aromatic heterocycles. The molecule has 0 saturated heterocycles. The molecule has 0 saturated carbocycles. The van der Waals surface area contributed by atoms with E-state index in [9.17, 15) is 4.79 Å². The van der Waals surface area contributed by atoms with Crippen LogP contribution in [0.1, 0.15) is 44.4 Å². The molecule has 0 amide bonds. The fraction of sp³-hybridized carbons (Fsp3) is 0.588. The van der Waals surface area contributed by atoms with Crippen molar-refractivity contribution in [3.8, 4) is 0 Å². The van der Waals surface area contributed by atoms with Gasteiger partial charge in [-0.25, -0.2) is 0 Å². The molecule has 0 N–H and O–H groups in total. The van der Waals surface area contributed by atoms with Gasteiger partial charge in [0.15, 0.2) is 5.78 Å². The molecular formula is C17H26O2. The molecule has 1 atom stereocenters. The van der Waals surface area contributed by atoms with Crippen LogP contribution in [0.25, 0.3) is 0 Å². The highest BCUT2D eigenvalue weighted by atomic mass is 16.5. The fourth-order valence-corrected chi connectivity index (χ4v) is 2.46. The second kappa shape index (κ2) is 6.33. The van der Waals surface area contributed by atoms with E-state index in [1.165, 1.54) is 11.1 Å². The molecule has 0 fully saturated rings. The van der Waals surface area contributed by atoms with Gasteiger partial charge in [0.1, 0.15) is 6.10 Å². The van der Waals surface area contributed by atoms with E-state index in [0.29, 0.717) is 13.0 Å². The van der Waals surface area contributed by atoms with Gasteiger partial charge in [0.25, 0.3) is 0 Å². The minimum absolute atomic E-state index is 0.161. The van der Waals surface area contributed by atoms with Gasteiger partial charge in [-0.1, -0.05) is 50.1 Å². The second-order valence-electron chi connectivity index (χ2n) is 6.34. The Bertz CT molecular complexity index is 421. The molecule has 0 spiro atoms. The van der Waals surface area contributed by atoms with E-state index < -0.39 is 0 Å². The van der Waals surface area contributed by atoms with Crippen LogP contribution in [-0.2, 0) is 16.0 Å². The zero-order valence-corrected chi connectivity index (χ0v) is 13.0. The van der Waals surface area contributed by atoms with Gasteiger partial charge in [-0.15, -0.1) is 0 Å². The summed E-state index contributed by atoms with van der Waals surface area (Å²) in [6, 6.07) is 6.28. The number of rotatable bonds is 5. The average molecular weight is 262 g/mol. The van der Waals surface area contributed by atoms with E-state index in [1.807, 2.05) is 27.7 Å². The Morgan fingerprint density at radius 3 is 2.11 bits per heavy atom. The van der Waals surface area contributed by atoms with Crippen LogP contribution in [0, 0.1) is 19.3 Å². The normalized spacial score (nSPS) is 13.4. The van der Waals surface area contributed by atoms with Crippen LogP contribution in [0.15, 0.2) is 18.2 Å². The number of hydrogen-bond donors (Lipinski definition) is 0. The summed E-state index contributed by atoms with van der Waals surface area (Å²) in [7, 11) is 0. The van der Waals surface area contributed by atoms with Crippen molar-refractivity contribution < 1.29 is 9.53 Å². The van der Waals surface area contributed by atoms with Gasteiger partial charge in [-0.2, -0.15) is 0 Å². The molecule has 1 unspecified atom stereocenters. The van der Waals surface area contributed by atoms with Crippen LogP contribution in [0.4, 0.5) is 0 Å². The number of benzene rings is 1. The molecule has 0 bridgehead atoms. The molecule has 2 nitrogen and oxygen atoms in total. The smallest absolute Gasteiger partial charge is 0.166 e. The van der Waals surface area contributed by atoms with Gasteiger partial charge in [-0.3, -0.25) is 4.79 Å². The van der Waals surface area contributed by atoms with Gasteiger partial charge in [0.05, 0.1) is 0 Å². The van der Waals surface area contributed by atoms with Crippen molar-refractivity contribution in [1.29, 1.82) is 0 Å².